The van der Waals surface area contributed by atoms with Gasteiger partial charge in [0, 0.05) is 29.9 Å². The number of ether oxygens (including phenoxy) is 2. The number of fused-ring (bicyclic) bond motifs is 1. The van der Waals surface area contributed by atoms with Crippen LogP contribution in [0.3, 0.4) is 0 Å². The molecule has 190 valence electrons. The van der Waals surface area contributed by atoms with Gasteiger partial charge in [-0.25, -0.2) is 9.71 Å². The molecule has 1 saturated heterocycles. The fourth-order valence-corrected chi connectivity index (χ4v) is 4.36. The zero-order chi connectivity index (χ0) is 25.8. The number of amides is 1. The summed E-state index contributed by atoms with van der Waals surface area (Å²) in [5.41, 5.74) is 9.20. The van der Waals surface area contributed by atoms with E-state index in [9.17, 15) is 9.18 Å². The normalized spacial score (nSPS) is 18.2. The first kappa shape index (κ1) is 24.6. The van der Waals surface area contributed by atoms with Gasteiger partial charge in [-0.3, -0.25) is 20.9 Å². The summed E-state index contributed by atoms with van der Waals surface area (Å²) in [6.45, 7) is 2.60. The molecule has 37 heavy (non-hydrogen) atoms. The van der Waals surface area contributed by atoms with Gasteiger partial charge in [0.05, 0.1) is 30.2 Å². The van der Waals surface area contributed by atoms with E-state index < -0.39 is 24.2 Å². The molecule has 2 aliphatic heterocycles. The molecule has 5 rings (SSSR count). The average molecular weight is 503 g/mol. The monoisotopic (exact) mass is 502 g/mol. The highest BCUT2D eigenvalue weighted by Crippen LogP contribution is 2.27. The van der Waals surface area contributed by atoms with Gasteiger partial charge in [-0.2, -0.15) is 0 Å². The Hall–Kier alpha value is -4.12. The van der Waals surface area contributed by atoms with E-state index in [1.807, 2.05) is 48.5 Å². The van der Waals surface area contributed by atoms with Crippen molar-refractivity contribution in [1.29, 1.82) is 5.41 Å². The SMILES string of the molecule is N=C(OC(N)NC1N=C(c2ccccc2)c2cccc(F)c2NC1=O)c1ccccc1N1CCOCC1. The van der Waals surface area contributed by atoms with Gasteiger partial charge in [-0.05, 0) is 18.2 Å². The Morgan fingerprint density at radius 1 is 1.11 bits per heavy atom. The summed E-state index contributed by atoms with van der Waals surface area (Å²) in [5.74, 6) is -1.33. The lowest BCUT2D eigenvalue weighted by Gasteiger charge is -2.30. The third-order valence-corrected chi connectivity index (χ3v) is 6.14. The van der Waals surface area contributed by atoms with Gasteiger partial charge in [-0.15, -0.1) is 0 Å². The van der Waals surface area contributed by atoms with Crippen molar-refractivity contribution >= 4 is 28.9 Å². The molecule has 2 heterocycles. The number of hydrogen-bond acceptors (Lipinski definition) is 8. The Morgan fingerprint density at radius 3 is 2.62 bits per heavy atom. The number of rotatable bonds is 6. The van der Waals surface area contributed by atoms with Crippen molar-refractivity contribution in [2.45, 2.75) is 12.5 Å². The molecule has 2 unspecified atom stereocenters. The number of anilines is 2. The summed E-state index contributed by atoms with van der Waals surface area (Å²) in [5, 5.41) is 14.0. The zero-order valence-electron chi connectivity index (χ0n) is 20.0. The number of carbonyl (C=O) groups excluding carboxylic acids is 1. The van der Waals surface area contributed by atoms with Crippen LogP contribution in [-0.2, 0) is 14.3 Å². The first-order valence-corrected chi connectivity index (χ1v) is 11.9. The van der Waals surface area contributed by atoms with Gasteiger partial charge in [-0.1, -0.05) is 54.6 Å². The second-order valence-corrected chi connectivity index (χ2v) is 8.55. The molecular weight excluding hydrogens is 475 g/mol. The van der Waals surface area contributed by atoms with E-state index in [0.29, 0.717) is 48.7 Å². The smallest absolute Gasteiger partial charge is 0.264 e. The Labute approximate surface area is 213 Å². The van der Waals surface area contributed by atoms with Crippen molar-refractivity contribution in [1.82, 2.24) is 5.32 Å². The number of benzene rings is 3. The molecule has 0 bridgehead atoms. The standard InChI is InChI=1S/C27H27FN6O3/c28-20-11-6-10-19-22(17-7-2-1-3-8-17)31-25(26(35)32-23(19)20)33-27(30)37-24(29)18-9-4-5-12-21(18)34-13-15-36-16-14-34/h1-12,25,27,29,33H,13-16,30H2,(H,32,35). The van der Waals surface area contributed by atoms with E-state index in [0.717, 1.165) is 5.69 Å². The predicted octanol–water partition coefficient (Wildman–Crippen LogP) is 2.65. The summed E-state index contributed by atoms with van der Waals surface area (Å²) < 4.78 is 25.8. The molecule has 10 heteroatoms. The summed E-state index contributed by atoms with van der Waals surface area (Å²) in [6, 6.07) is 21.1. The van der Waals surface area contributed by atoms with Gasteiger partial charge >= 0.3 is 0 Å². The number of nitrogens with two attached hydrogens (primary N) is 1. The number of carbonyl (C=O) groups is 1. The molecule has 9 nitrogen and oxygen atoms in total. The van der Waals surface area contributed by atoms with Crippen LogP contribution in [0.25, 0.3) is 0 Å². The molecular formula is C27H27FN6O3. The van der Waals surface area contributed by atoms with Gasteiger partial charge in [0.2, 0.25) is 12.2 Å². The van der Waals surface area contributed by atoms with Gasteiger partial charge < -0.3 is 19.7 Å². The summed E-state index contributed by atoms with van der Waals surface area (Å²) in [6.07, 6.45) is -2.44. The summed E-state index contributed by atoms with van der Waals surface area (Å²) >= 11 is 0. The van der Waals surface area contributed by atoms with Crippen LogP contribution in [-0.4, -0.2) is 56.3 Å². The molecule has 5 N–H and O–H groups in total. The van der Waals surface area contributed by atoms with E-state index in [-0.39, 0.29) is 11.6 Å². The maximum absolute atomic E-state index is 14.7. The number of aliphatic imine (C=N–C) groups is 1. The molecule has 1 fully saturated rings. The Balaban J connectivity index is 1.38. The van der Waals surface area contributed by atoms with E-state index in [1.54, 1.807) is 18.2 Å². The molecule has 1 amide bonds. The Morgan fingerprint density at radius 2 is 1.84 bits per heavy atom. The van der Waals surface area contributed by atoms with E-state index in [4.69, 9.17) is 20.6 Å². The molecule has 0 spiro atoms. The van der Waals surface area contributed by atoms with Crippen molar-refractivity contribution in [3.8, 4) is 0 Å². The van der Waals surface area contributed by atoms with Crippen molar-refractivity contribution in [3.63, 3.8) is 0 Å². The predicted molar refractivity (Wildman–Crippen MR) is 139 cm³/mol. The van der Waals surface area contributed by atoms with Crippen LogP contribution in [0.5, 0.6) is 0 Å². The lowest BCUT2D eigenvalue weighted by molar-refractivity contribution is -0.118. The van der Waals surface area contributed by atoms with Gasteiger partial charge in [0.15, 0.2) is 6.17 Å². The third kappa shape index (κ3) is 5.36. The minimum Gasteiger partial charge on any atom is -0.445 e. The molecule has 0 aromatic heterocycles. The van der Waals surface area contributed by atoms with E-state index in [1.165, 1.54) is 6.07 Å². The van der Waals surface area contributed by atoms with Crippen LogP contribution in [0.4, 0.5) is 15.8 Å². The number of halogens is 1. The zero-order valence-corrected chi connectivity index (χ0v) is 20.0. The van der Waals surface area contributed by atoms with Crippen molar-refractivity contribution < 1.29 is 18.7 Å². The van der Waals surface area contributed by atoms with Gasteiger partial charge in [0.1, 0.15) is 5.82 Å². The fourth-order valence-electron chi connectivity index (χ4n) is 4.36. The number of nitrogens with zero attached hydrogens (tertiary/aromatic N) is 2. The Bertz CT molecular complexity index is 1330. The highest BCUT2D eigenvalue weighted by Gasteiger charge is 2.29. The summed E-state index contributed by atoms with van der Waals surface area (Å²) in [4.78, 5) is 19.7. The highest BCUT2D eigenvalue weighted by molar-refractivity contribution is 6.19. The molecule has 3 aromatic rings. The maximum atomic E-state index is 14.7. The molecule has 2 aliphatic rings. The molecule has 0 saturated carbocycles. The first-order chi connectivity index (χ1) is 18.0. The second-order valence-electron chi connectivity index (χ2n) is 8.55. The van der Waals surface area contributed by atoms with Crippen LogP contribution in [0.15, 0.2) is 77.8 Å². The second kappa shape index (κ2) is 10.9. The molecule has 0 aliphatic carbocycles. The van der Waals surface area contributed by atoms with Crippen LogP contribution in [0.2, 0.25) is 0 Å². The summed E-state index contributed by atoms with van der Waals surface area (Å²) in [7, 11) is 0. The van der Waals surface area contributed by atoms with Crippen molar-refractivity contribution in [3.05, 3.63) is 95.3 Å². The maximum Gasteiger partial charge on any atom is 0.264 e. The van der Waals surface area contributed by atoms with Crippen LogP contribution in [0, 0.1) is 11.2 Å². The number of para-hydroxylation sites is 2. The average Bonchev–Trinajstić information content (AvgIpc) is 3.06. The fraction of sp³-hybridized carbons (Fsp3) is 0.222. The number of hydrogen-bond donors (Lipinski definition) is 4. The Kier molecular flexibility index (Phi) is 7.22. The van der Waals surface area contributed by atoms with Crippen molar-refractivity contribution in [2.75, 3.05) is 36.5 Å². The quantitative estimate of drug-likeness (QED) is 0.233. The van der Waals surface area contributed by atoms with Crippen LogP contribution >= 0.6 is 0 Å². The number of morpholine rings is 1. The van der Waals surface area contributed by atoms with Crippen LogP contribution in [0.1, 0.15) is 16.7 Å². The highest BCUT2D eigenvalue weighted by atomic mass is 19.1. The molecule has 3 aromatic carbocycles. The van der Waals surface area contributed by atoms with E-state index in [2.05, 4.69) is 20.5 Å². The lowest BCUT2D eigenvalue weighted by atomic mass is 10.0. The lowest BCUT2D eigenvalue weighted by Crippen LogP contribution is -2.50. The van der Waals surface area contributed by atoms with Crippen LogP contribution < -0.4 is 21.3 Å². The van der Waals surface area contributed by atoms with Gasteiger partial charge in [0.25, 0.3) is 5.91 Å². The first-order valence-electron chi connectivity index (χ1n) is 11.9. The third-order valence-electron chi connectivity index (χ3n) is 6.14. The molecule has 2 atom stereocenters. The number of nitrogens with one attached hydrogen (secondary N) is 3. The topological polar surface area (TPSA) is 125 Å². The van der Waals surface area contributed by atoms with E-state index >= 15 is 0 Å². The minimum atomic E-state index is -1.24. The number of benzodiazepines with no additional fused rings is 1. The molecule has 0 radical (unpaired) electrons. The minimum absolute atomic E-state index is 0.0427. The largest absolute Gasteiger partial charge is 0.445 e. The van der Waals surface area contributed by atoms with Crippen molar-refractivity contribution in [2.24, 2.45) is 10.7 Å².